The third-order valence-electron chi connectivity index (χ3n) is 2.87. The quantitative estimate of drug-likeness (QED) is 0.515. The molecule has 1 aromatic carbocycles. The molecule has 1 aliphatic heterocycles. The second kappa shape index (κ2) is 6.58. The number of hydrogen-bond donors (Lipinski definition) is 1. The Labute approximate surface area is 111 Å². The van der Waals surface area contributed by atoms with Gasteiger partial charge in [0.2, 0.25) is 0 Å². The molecule has 0 aliphatic carbocycles. The van der Waals surface area contributed by atoms with E-state index in [9.17, 15) is 4.79 Å². The van der Waals surface area contributed by atoms with E-state index >= 15 is 0 Å². The number of hydrogen-bond acceptors (Lipinski definition) is 4. The average molecular weight is 260 g/mol. The van der Waals surface area contributed by atoms with Crippen molar-refractivity contribution in [2.45, 2.75) is 13.0 Å². The van der Waals surface area contributed by atoms with E-state index in [4.69, 9.17) is 9.94 Å². The lowest BCUT2D eigenvalue weighted by Crippen LogP contribution is -2.36. The van der Waals surface area contributed by atoms with Gasteiger partial charge in [0.15, 0.2) is 0 Å². The van der Waals surface area contributed by atoms with E-state index in [0.717, 1.165) is 17.6 Å². The fraction of sp³-hybridized carbons (Fsp3) is 0.286. The highest BCUT2D eigenvalue weighted by Gasteiger charge is 2.18. The van der Waals surface area contributed by atoms with Gasteiger partial charge in [0, 0.05) is 6.54 Å². The standard InChI is InChI=1S/C14H16N2O3/c17-14(19-11-12-5-2-1-3-6-12)16-8-4-7-13(10-16)9-15-18/h1-3,5-7,9,18H,4,8,10-11H2. The molecule has 2 rings (SSSR count). The second-order valence-corrected chi connectivity index (χ2v) is 4.27. The lowest BCUT2D eigenvalue weighted by atomic mass is 10.1. The van der Waals surface area contributed by atoms with Crippen molar-refractivity contribution in [2.24, 2.45) is 5.16 Å². The molecule has 5 nitrogen and oxygen atoms in total. The molecule has 0 spiro atoms. The van der Waals surface area contributed by atoms with Crippen LogP contribution in [0, 0.1) is 0 Å². The second-order valence-electron chi connectivity index (χ2n) is 4.27. The topological polar surface area (TPSA) is 62.1 Å². The van der Waals surface area contributed by atoms with Crippen molar-refractivity contribution in [1.29, 1.82) is 0 Å². The normalized spacial score (nSPS) is 15.4. The Hall–Kier alpha value is -2.30. The van der Waals surface area contributed by atoms with Gasteiger partial charge >= 0.3 is 6.09 Å². The van der Waals surface area contributed by atoms with Gasteiger partial charge in [-0.05, 0) is 17.6 Å². The molecule has 0 radical (unpaired) electrons. The molecule has 1 aromatic rings. The van der Waals surface area contributed by atoms with Crippen molar-refractivity contribution in [3.63, 3.8) is 0 Å². The van der Waals surface area contributed by atoms with Crippen LogP contribution in [0.2, 0.25) is 0 Å². The monoisotopic (exact) mass is 260 g/mol. The predicted molar refractivity (Wildman–Crippen MR) is 71.2 cm³/mol. The van der Waals surface area contributed by atoms with Gasteiger partial charge in [0.25, 0.3) is 0 Å². The van der Waals surface area contributed by atoms with E-state index in [2.05, 4.69) is 5.16 Å². The summed E-state index contributed by atoms with van der Waals surface area (Å²) < 4.78 is 5.25. The van der Waals surface area contributed by atoms with Crippen molar-refractivity contribution in [3.8, 4) is 0 Å². The highest BCUT2D eigenvalue weighted by Crippen LogP contribution is 2.10. The number of ether oxygens (including phenoxy) is 1. The Kier molecular flexibility index (Phi) is 4.55. The van der Waals surface area contributed by atoms with E-state index in [1.807, 2.05) is 36.4 Å². The molecule has 0 saturated heterocycles. The molecule has 0 aromatic heterocycles. The highest BCUT2D eigenvalue weighted by atomic mass is 16.6. The summed E-state index contributed by atoms with van der Waals surface area (Å²) in [5, 5.41) is 11.5. The van der Waals surface area contributed by atoms with Gasteiger partial charge in [-0.15, -0.1) is 0 Å². The van der Waals surface area contributed by atoms with Gasteiger partial charge in [0.05, 0.1) is 12.8 Å². The third-order valence-corrected chi connectivity index (χ3v) is 2.87. The molecule has 0 atom stereocenters. The molecule has 0 unspecified atom stereocenters. The van der Waals surface area contributed by atoms with Crippen LogP contribution in [-0.2, 0) is 11.3 Å². The maximum absolute atomic E-state index is 11.9. The smallest absolute Gasteiger partial charge is 0.410 e. The summed E-state index contributed by atoms with van der Waals surface area (Å²) in [6, 6.07) is 9.55. The van der Waals surface area contributed by atoms with Crippen LogP contribution in [0.15, 0.2) is 47.1 Å². The zero-order valence-corrected chi connectivity index (χ0v) is 10.5. The summed E-state index contributed by atoms with van der Waals surface area (Å²) in [5.41, 5.74) is 1.77. The first kappa shape index (κ1) is 13.1. The fourth-order valence-corrected chi connectivity index (χ4v) is 1.90. The molecule has 1 aliphatic rings. The maximum atomic E-state index is 11.9. The van der Waals surface area contributed by atoms with Gasteiger partial charge in [-0.1, -0.05) is 41.6 Å². The molecular weight excluding hydrogens is 244 g/mol. The summed E-state index contributed by atoms with van der Waals surface area (Å²) in [4.78, 5) is 13.5. The first-order chi connectivity index (χ1) is 9.29. The van der Waals surface area contributed by atoms with Crippen LogP contribution in [0.5, 0.6) is 0 Å². The Balaban J connectivity index is 1.85. The zero-order valence-electron chi connectivity index (χ0n) is 10.5. The van der Waals surface area contributed by atoms with Gasteiger partial charge in [-0.2, -0.15) is 0 Å². The molecule has 1 N–H and O–H groups in total. The molecule has 5 heteroatoms. The number of oxime groups is 1. The van der Waals surface area contributed by atoms with Crippen LogP contribution in [0.3, 0.4) is 0 Å². The molecular formula is C14H16N2O3. The van der Waals surface area contributed by atoms with E-state index < -0.39 is 0 Å². The molecule has 0 fully saturated rings. The largest absolute Gasteiger partial charge is 0.445 e. The molecule has 0 saturated carbocycles. The Morgan fingerprint density at radius 2 is 2.21 bits per heavy atom. The summed E-state index contributed by atoms with van der Waals surface area (Å²) in [7, 11) is 0. The van der Waals surface area contributed by atoms with Gasteiger partial charge in [-0.25, -0.2) is 4.79 Å². The lowest BCUT2D eigenvalue weighted by molar-refractivity contribution is 0.0989. The minimum atomic E-state index is -0.346. The number of benzene rings is 1. The number of carbonyl (C=O) groups is 1. The van der Waals surface area contributed by atoms with E-state index in [0.29, 0.717) is 13.1 Å². The van der Waals surface area contributed by atoms with Crippen molar-refractivity contribution >= 4 is 12.3 Å². The third kappa shape index (κ3) is 3.84. The van der Waals surface area contributed by atoms with Crippen LogP contribution in [-0.4, -0.2) is 35.5 Å². The first-order valence-electron chi connectivity index (χ1n) is 6.11. The SMILES string of the molecule is O=C(OCc1ccccc1)N1CCC=C(C=NO)C1. The van der Waals surface area contributed by atoms with Crippen molar-refractivity contribution < 1.29 is 14.7 Å². The number of carbonyl (C=O) groups excluding carboxylic acids is 1. The van der Waals surface area contributed by atoms with E-state index in [1.54, 1.807) is 4.90 Å². The lowest BCUT2D eigenvalue weighted by Gasteiger charge is -2.25. The van der Waals surface area contributed by atoms with E-state index in [1.165, 1.54) is 6.21 Å². The van der Waals surface area contributed by atoms with Crippen LogP contribution in [0.1, 0.15) is 12.0 Å². The zero-order chi connectivity index (χ0) is 13.5. The predicted octanol–water partition coefficient (Wildman–Crippen LogP) is 2.42. The Morgan fingerprint density at radius 1 is 1.42 bits per heavy atom. The van der Waals surface area contributed by atoms with Gasteiger partial charge in [0.1, 0.15) is 6.61 Å². The summed E-state index contributed by atoms with van der Waals surface area (Å²) in [5.74, 6) is 0. The van der Waals surface area contributed by atoms with Crippen LogP contribution < -0.4 is 0 Å². The Morgan fingerprint density at radius 3 is 2.95 bits per heavy atom. The minimum Gasteiger partial charge on any atom is -0.445 e. The number of rotatable bonds is 3. The Bertz CT molecular complexity index is 483. The molecule has 1 amide bonds. The summed E-state index contributed by atoms with van der Waals surface area (Å²) >= 11 is 0. The van der Waals surface area contributed by atoms with Crippen molar-refractivity contribution in [2.75, 3.05) is 13.1 Å². The number of amides is 1. The van der Waals surface area contributed by atoms with E-state index in [-0.39, 0.29) is 12.7 Å². The van der Waals surface area contributed by atoms with Crippen LogP contribution in [0.25, 0.3) is 0 Å². The van der Waals surface area contributed by atoms with Crippen LogP contribution >= 0.6 is 0 Å². The van der Waals surface area contributed by atoms with Crippen molar-refractivity contribution in [3.05, 3.63) is 47.5 Å². The maximum Gasteiger partial charge on any atom is 0.410 e. The van der Waals surface area contributed by atoms with Gasteiger partial charge in [-0.3, -0.25) is 0 Å². The van der Waals surface area contributed by atoms with Crippen molar-refractivity contribution in [1.82, 2.24) is 4.90 Å². The average Bonchev–Trinajstić information content (AvgIpc) is 2.46. The minimum absolute atomic E-state index is 0.267. The molecule has 1 heterocycles. The summed E-state index contributed by atoms with van der Waals surface area (Å²) in [6.07, 6.45) is 3.68. The van der Waals surface area contributed by atoms with Crippen LogP contribution in [0.4, 0.5) is 4.79 Å². The summed E-state index contributed by atoms with van der Waals surface area (Å²) in [6.45, 7) is 1.30. The molecule has 100 valence electrons. The fourth-order valence-electron chi connectivity index (χ4n) is 1.90. The first-order valence-corrected chi connectivity index (χ1v) is 6.11. The molecule has 19 heavy (non-hydrogen) atoms. The highest BCUT2D eigenvalue weighted by molar-refractivity contribution is 5.80. The van der Waals surface area contributed by atoms with Gasteiger partial charge < -0.3 is 14.8 Å². The number of nitrogens with zero attached hydrogens (tertiary/aromatic N) is 2. The molecule has 0 bridgehead atoms.